The van der Waals surface area contributed by atoms with E-state index in [2.05, 4.69) is 9.71 Å². The summed E-state index contributed by atoms with van der Waals surface area (Å²) in [5.41, 5.74) is -0.557. The predicted octanol–water partition coefficient (Wildman–Crippen LogP) is 1.29. The van der Waals surface area contributed by atoms with Gasteiger partial charge < -0.3 is 14.0 Å². The van der Waals surface area contributed by atoms with Gasteiger partial charge in [-0.25, -0.2) is 13.4 Å². The van der Waals surface area contributed by atoms with Crippen molar-refractivity contribution in [2.45, 2.75) is 57.8 Å². The van der Waals surface area contributed by atoms with Crippen LogP contribution in [-0.2, 0) is 19.3 Å². The summed E-state index contributed by atoms with van der Waals surface area (Å²) in [5.74, 6) is 0.778. The number of rotatable bonds is 5. The van der Waals surface area contributed by atoms with E-state index in [1.807, 2.05) is 27.7 Å². The van der Waals surface area contributed by atoms with Crippen LogP contribution in [0.3, 0.4) is 0 Å². The summed E-state index contributed by atoms with van der Waals surface area (Å²) in [7, 11) is -4.20. The van der Waals surface area contributed by atoms with Gasteiger partial charge in [0, 0.05) is 5.46 Å². The maximum absolute atomic E-state index is 11.6. The van der Waals surface area contributed by atoms with Crippen LogP contribution in [0.25, 0.3) is 0 Å². The number of hydrogen-bond donors (Lipinski definition) is 1. The number of anilines is 1. The van der Waals surface area contributed by atoms with Gasteiger partial charge in [0.2, 0.25) is 10.0 Å². The number of hydrogen-bond acceptors (Lipinski definition) is 6. The molecule has 1 aliphatic heterocycles. The van der Waals surface area contributed by atoms with Crippen LogP contribution in [0.4, 0.5) is 5.82 Å². The topological polar surface area (TPSA) is 86.8 Å². The number of sulfonamides is 1. The van der Waals surface area contributed by atoms with E-state index in [1.54, 1.807) is 6.07 Å². The molecule has 3 rings (SSSR count). The van der Waals surface area contributed by atoms with Gasteiger partial charge in [0.05, 0.1) is 29.8 Å². The van der Waals surface area contributed by atoms with Crippen LogP contribution in [0.1, 0.15) is 40.5 Å². The molecule has 1 N–H and O–H groups in total. The van der Waals surface area contributed by atoms with Gasteiger partial charge in [0.15, 0.2) is 0 Å². The molecule has 7 nitrogen and oxygen atoms in total. The molecular weight excluding hydrogens is 331 g/mol. The molecule has 0 radical (unpaired) electrons. The highest BCUT2D eigenvalue weighted by atomic mass is 32.2. The number of aromatic nitrogens is 1. The second-order valence-corrected chi connectivity index (χ2v) is 9.14. The molecule has 2 fully saturated rings. The Bertz CT molecular complexity index is 730. The Morgan fingerprint density at radius 2 is 1.83 bits per heavy atom. The maximum Gasteiger partial charge on any atom is 0.498 e. The summed E-state index contributed by atoms with van der Waals surface area (Å²) in [4.78, 5) is 4.21. The minimum atomic E-state index is -3.47. The molecule has 0 unspecified atom stereocenters. The molecule has 1 saturated carbocycles. The lowest BCUT2D eigenvalue weighted by molar-refractivity contribution is 0.00578. The first-order valence-corrected chi connectivity index (χ1v) is 9.86. The first kappa shape index (κ1) is 17.5. The highest BCUT2D eigenvalue weighted by Crippen LogP contribution is 2.37. The van der Waals surface area contributed by atoms with Gasteiger partial charge in [-0.2, -0.15) is 0 Å². The van der Waals surface area contributed by atoms with E-state index in [0.717, 1.165) is 19.1 Å². The van der Waals surface area contributed by atoms with Crippen molar-refractivity contribution in [2.75, 3.05) is 11.0 Å². The average Bonchev–Trinajstić information content (AvgIpc) is 3.17. The monoisotopic (exact) mass is 354 g/mol. The van der Waals surface area contributed by atoms with Crippen molar-refractivity contribution < 1.29 is 22.5 Å². The van der Waals surface area contributed by atoms with E-state index in [0.29, 0.717) is 11.2 Å². The smallest absolute Gasteiger partial charge is 0.489 e. The van der Waals surface area contributed by atoms with Crippen molar-refractivity contribution in [3.63, 3.8) is 0 Å². The van der Waals surface area contributed by atoms with E-state index in [1.165, 1.54) is 6.20 Å². The number of nitrogens with zero attached hydrogens (tertiary/aromatic N) is 1. The summed E-state index contributed by atoms with van der Waals surface area (Å²) in [6, 6.07) is 1.74. The van der Waals surface area contributed by atoms with Gasteiger partial charge in [0.25, 0.3) is 0 Å². The second kappa shape index (κ2) is 5.61. The lowest BCUT2D eigenvalue weighted by atomic mass is 9.79. The third kappa shape index (κ3) is 3.68. The summed E-state index contributed by atoms with van der Waals surface area (Å²) < 4.78 is 43.5. The molecule has 2 heterocycles. The molecule has 1 saturated heterocycles. The summed E-state index contributed by atoms with van der Waals surface area (Å²) in [5, 5.41) is 0. The molecule has 0 aromatic carbocycles. The molecule has 1 aromatic rings. The standard InChI is InChI=1S/C15H23BN2O5S/c1-14(2)15(3,4)23-16(22-14)12-8-11(21-10-6-7-10)9-17-13(12)18-24(5,19)20/h8-10H,6-7H2,1-5H3,(H,17,18). The summed E-state index contributed by atoms with van der Waals surface area (Å²) in [6.45, 7) is 7.76. The highest BCUT2D eigenvalue weighted by Gasteiger charge is 2.52. The fraction of sp³-hybridized carbons (Fsp3) is 0.667. The Labute approximate surface area is 143 Å². The SMILES string of the molecule is CC1(C)OB(c2cc(OC3CC3)cnc2NS(C)(=O)=O)OC1(C)C. The Hall–Kier alpha value is -1.32. The predicted molar refractivity (Wildman–Crippen MR) is 92.1 cm³/mol. The number of nitrogens with one attached hydrogen (secondary N) is 1. The minimum absolute atomic E-state index is 0.194. The highest BCUT2D eigenvalue weighted by molar-refractivity contribution is 7.92. The Balaban J connectivity index is 1.96. The van der Waals surface area contributed by atoms with Crippen LogP contribution in [0, 0.1) is 0 Å². The molecular formula is C15H23BN2O5S. The van der Waals surface area contributed by atoms with Crippen molar-refractivity contribution in [1.82, 2.24) is 4.98 Å². The molecule has 132 valence electrons. The van der Waals surface area contributed by atoms with Gasteiger partial charge in [-0.15, -0.1) is 0 Å². The van der Waals surface area contributed by atoms with Gasteiger partial charge in [-0.05, 0) is 46.6 Å². The fourth-order valence-corrected chi connectivity index (χ4v) is 2.84. The van der Waals surface area contributed by atoms with Crippen molar-refractivity contribution in [3.05, 3.63) is 12.3 Å². The summed E-state index contributed by atoms with van der Waals surface area (Å²) >= 11 is 0. The normalized spacial score (nSPS) is 22.5. The van der Waals surface area contributed by atoms with Crippen LogP contribution in [-0.4, -0.2) is 44.1 Å². The number of pyridine rings is 1. The molecule has 0 atom stereocenters. The van der Waals surface area contributed by atoms with Gasteiger partial charge in [0.1, 0.15) is 11.6 Å². The van der Waals surface area contributed by atoms with Crippen molar-refractivity contribution in [2.24, 2.45) is 0 Å². The molecule has 9 heteroatoms. The van der Waals surface area contributed by atoms with Crippen LogP contribution in [0.15, 0.2) is 12.3 Å². The average molecular weight is 354 g/mol. The van der Waals surface area contributed by atoms with E-state index in [4.69, 9.17) is 14.0 Å². The fourth-order valence-electron chi connectivity index (χ4n) is 2.31. The Morgan fingerprint density at radius 1 is 1.25 bits per heavy atom. The first-order chi connectivity index (χ1) is 11.0. The Morgan fingerprint density at radius 3 is 2.33 bits per heavy atom. The molecule has 2 aliphatic rings. The third-order valence-electron chi connectivity index (χ3n) is 4.51. The van der Waals surface area contributed by atoms with Crippen molar-refractivity contribution >= 4 is 28.4 Å². The second-order valence-electron chi connectivity index (χ2n) is 7.39. The van der Waals surface area contributed by atoms with Crippen LogP contribution in [0.2, 0.25) is 0 Å². The Kier molecular flexibility index (Phi) is 4.09. The third-order valence-corrected chi connectivity index (χ3v) is 5.07. The van der Waals surface area contributed by atoms with E-state index in [9.17, 15) is 8.42 Å². The van der Waals surface area contributed by atoms with Gasteiger partial charge >= 0.3 is 7.12 Å². The van der Waals surface area contributed by atoms with Crippen molar-refractivity contribution in [3.8, 4) is 5.75 Å². The molecule has 0 bridgehead atoms. The zero-order chi connectivity index (χ0) is 17.8. The van der Waals surface area contributed by atoms with Gasteiger partial charge in [-0.1, -0.05) is 0 Å². The first-order valence-electron chi connectivity index (χ1n) is 7.97. The zero-order valence-electron chi connectivity index (χ0n) is 14.6. The molecule has 0 spiro atoms. The zero-order valence-corrected chi connectivity index (χ0v) is 15.4. The largest absolute Gasteiger partial charge is 0.498 e. The minimum Gasteiger partial charge on any atom is -0.489 e. The summed E-state index contributed by atoms with van der Waals surface area (Å²) in [6.07, 6.45) is 4.86. The van der Waals surface area contributed by atoms with E-state index in [-0.39, 0.29) is 11.9 Å². The van der Waals surface area contributed by atoms with Crippen molar-refractivity contribution in [1.29, 1.82) is 0 Å². The lowest BCUT2D eigenvalue weighted by Crippen LogP contribution is -2.41. The van der Waals surface area contributed by atoms with Crippen LogP contribution >= 0.6 is 0 Å². The van der Waals surface area contributed by atoms with E-state index >= 15 is 0 Å². The number of ether oxygens (including phenoxy) is 1. The lowest BCUT2D eigenvalue weighted by Gasteiger charge is -2.32. The van der Waals surface area contributed by atoms with Gasteiger partial charge in [-0.3, -0.25) is 4.72 Å². The molecule has 24 heavy (non-hydrogen) atoms. The van der Waals surface area contributed by atoms with Crippen LogP contribution in [0.5, 0.6) is 5.75 Å². The molecule has 1 aliphatic carbocycles. The van der Waals surface area contributed by atoms with Crippen LogP contribution < -0.4 is 14.9 Å². The maximum atomic E-state index is 11.6. The molecule has 0 amide bonds. The quantitative estimate of drug-likeness (QED) is 0.802. The molecule has 1 aromatic heterocycles. The van der Waals surface area contributed by atoms with E-state index < -0.39 is 28.3 Å².